The normalized spacial score (nSPS) is 23.8. The lowest BCUT2D eigenvalue weighted by molar-refractivity contribution is -0.162. The second-order valence-electron chi connectivity index (χ2n) is 6.41. The Morgan fingerprint density at radius 1 is 1.23 bits per heavy atom. The zero-order valence-electron chi connectivity index (χ0n) is 14.1. The van der Waals surface area contributed by atoms with Crippen molar-refractivity contribution in [2.75, 3.05) is 14.2 Å². The molecular weight excluding hydrogens is 340 g/mol. The molecule has 1 N–H and O–H groups in total. The second kappa shape index (κ2) is 5.36. The van der Waals surface area contributed by atoms with Crippen LogP contribution in [-0.2, 0) is 9.47 Å². The summed E-state index contributed by atoms with van der Waals surface area (Å²) in [5.74, 6) is 0.669. The second-order valence-corrected chi connectivity index (χ2v) is 6.41. The maximum Gasteiger partial charge on any atom is 0.209 e. The molecular formula is C19H16O7. The van der Waals surface area contributed by atoms with Gasteiger partial charge in [-0.1, -0.05) is 6.07 Å². The molecule has 26 heavy (non-hydrogen) atoms. The van der Waals surface area contributed by atoms with Gasteiger partial charge in [-0.25, -0.2) is 0 Å². The molecule has 0 radical (unpaired) electrons. The summed E-state index contributed by atoms with van der Waals surface area (Å²) >= 11 is 0. The first-order valence-electron chi connectivity index (χ1n) is 8.26. The maximum absolute atomic E-state index is 13.1. The molecule has 3 heterocycles. The predicted octanol–water partition coefficient (Wildman–Crippen LogP) is 2.86. The van der Waals surface area contributed by atoms with Gasteiger partial charge in [0.2, 0.25) is 11.7 Å². The van der Waals surface area contributed by atoms with Crippen molar-refractivity contribution in [2.45, 2.75) is 24.9 Å². The maximum atomic E-state index is 13.1. The fraction of sp³-hybridized carbons (Fsp3) is 0.316. The van der Waals surface area contributed by atoms with E-state index in [0.717, 1.165) is 5.56 Å². The highest BCUT2D eigenvalue weighted by Gasteiger charge is 2.46. The van der Waals surface area contributed by atoms with Crippen LogP contribution in [0, 0.1) is 0 Å². The Labute approximate surface area is 147 Å². The summed E-state index contributed by atoms with van der Waals surface area (Å²) in [5, 5.41) is 10.5. The van der Waals surface area contributed by atoms with E-state index in [0.29, 0.717) is 29.1 Å². The fourth-order valence-corrected chi connectivity index (χ4v) is 3.89. The minimum atomic E-state index is -0.490. The highest BCUT2D eigenvalue weighted by Crippen LogP contribution is 2.51. The van der Waals surface area contributed by atoms with Crippen LogP contribution < -0.4 is 14.9 Å². The van der Waals surface area contributed by atoms with Gasteiger partial charge in [0, 0.05) is 25.2 Å². The van der Waals surface area contributed by atoms with Crippen LogP contribution >= 0.6 is 0 Å². The Morgan fingerprint density at radius 3 is 2.85 bits per heavy atom. The first kappa shape index (κ1) is 15.5. The lowest BCUT2D eigenvalue weighted by atomic mass is 9.95. The molecule has 2 aliphatic heterocycles. The van der Waals surface area contributed by atoms with E-state index in [4.69, 9.17) is 23.4 Å². The van der Waals surface area contributed by atoms with Gasteiger partial charge in [0.25, 0.3) is 0 Å². The summed E-state index contributed by atoms with van der Waals surface area (Å²) in [6, 6.07) is 6.41. The van der Waals surface area contributed by atoms with Gasteiger partial charge in [-0.2, -0.15) is 0 Å². The number of rotatable bonds is 2. The highest BCUT2D eigenvalue weighted by molar-refractivity contribution is 5.98. The molecule has 2 aromatic carbocycles. The average Bonchev–Trinajstić information content (AvgIpc) is 3.17. The largest absolute Gasteiger partial charge is 0.507 e. The summed E-state index contributed by atoms with van der Waals surface area (Å²) in [4.78, 5) is 13.1. The number of aromatic hydroxyl groups is 1. The van der Waals surface area contributed by atoms with E-state index >= 15 is 0 Å². The Bertz CT molecular complexity index is 1100. The van der Waals surface area contributed by atoms with Gasteiger partial charge in [0.05, 0.1) is 13.0 Å². The van der Waals surface area contributed by atoms with E-state index in [1.165, 1.54) is 13.2 Å². The van der Waals surface area contributed by atoms with Crippen molar-refractivity contribution in [3.05, 3.63) is 40.1 Å². The Balaban J connectivity index is 1.88. The molecule has 2 aliphatic rings. The molecule has 1 aromatic heterocycles. The molecule has 5 rings (SSSR count). The van der Waals surface area contributed by atoms with E-state index in [9.17, 15) is 9.90 Å². The third-order valence-electron chi connectivity index (χ3n) is 5.07. The highest BCUT2D eigenvalue weighted by atomic mass is 16.8. The minimum absolute atomic E-state index is 0.110. The number of phenols is 1. The molecule has 0 saturated carbocycles. The first-order valence-corrected chi connectivity index (χ1v) is 8.26. The third-order valence-corrected chi connectivity index (χ3v) is 5.07. The van der Waals surface area contributed by atoms with E-state index in [-0.39, 0.29) is 34.2 Å². The van der Waals surface area contributed by atoms with Crippen molar-refractivity contribution in [3.63, 3.8) is 0 Å². The summed E-state index contributed by atoms with van der Waals surface area (Å²) in [6.45, 7) is 0. The van der Waals surface area contributed by atoms with E-state index in [2.05, 4.69) is 0 Å². The quantitative estimate of drug-likeness (QED) is 0.707. The standard InChI is InChI=1S/C19H16O7/c1-22-11-7-12-14(8-6-13(23-2)26-19(8)25-12)18-16(11)17(21)15-9(20)4-3-5-10(15)24-18/h3-5,7-8,13,19-20H,6H2,1-2H3/t8-,13+,19-/m0/s1. The lowest BCUT2D eigenvalue weighted by Crippen LogP contribution is -2.17. The van der Waals surface area contributed by atoms with Crippen LogP contribution in [0.1, 0.15) is 17.9 Å². The molecule has 1 saturated heterocycles. The number of ether oxygens (including phenoxy) is 4. The number of fused-ring (bicyclic) bond motifs is 6. The number of phenolic OH excluding ortho intramolecular Hbond substituents is 1. The molecule has 3 aromatic rings. The predicted molar refractivity (Wildman–Crippen MR) is 91.9 cm³/mol. The van der Waals surface area contributed by atoms with Crippen LogP contribution in [0.3, 0.4) is 0 Å². The molecule has 0 bridgehead atoms. The zero-order valence-corrected chi connectivity index (χ0v) is 14.1. The molecule has 134 valence electrons. The van der Waals surface area contributed by atoms with Crippen molar-refractivity contribution in [3.8, 4) is 17.2 Å². The zero-order chi connectivity index (χ0) is 18.0. The van der Waals surface area contributed by atoms with Crippen LogP contribution in [0.4, 0.5) is 0 Å². The molecule has 0 aliphatic carbocycles. The Hall–Kier alpha value is -2.77. The van der Waals surface area contributed by atoms with Crippen molar-refractivity contribution >= 4 is 21.9 Å². The molecule has 0 spiro atoms. The molecule has 7 nitrogen and oxygen atoms in total. The Kier molecular flexibility index (Phi) is 3.19. The average molecular weight is 356 g/mol. The van der Waals surface area contributed by atoms with Crippen LogP contribution in [0.2, 0.25) is 0 Å². The van der Waals surface area contributed by atoms with Crippen molar-refractivity contribution < 1.29 is 28.5 Å². The SMILES string of the molecule is COc1cc2c(c3oc4cccc(O)c4c(=O)c13)[C@@H]1C[C@H](OC)O[C@@H]1O2. The van der Waals surface area contributed by atoms with Gasteiger partial charge in [-0.3, -0.25) is 4.79 Å². The van der Waals surface area contributed by atoms with Crippen molar-refractivity contribution in [2.24, 2.45) is 0 Å². The van der Waals surface area contributed by atoms with Crippen LogP contribution in [-0.4, -0.2) is 31.9 Å². The van der Waals surface area contributed by atoms with Crippen molar-refractivity contribution in [1.29, 1.82) is 0 Å². The summed E-state index contributed by atoms with van der Waals surface area (Å²) < 4.78 is 28.4. The Morgan fingerprint density at radius 2 is 2.08 bits per heavy atom. The summed E-state index contributed by atoms with van der Waals surface area (Å²) in [7, 11) is 3.05. The van der Waals surface area contributed by atoms with Gasteiger partial charge in [-0.05, 0) is 12.1 Å². The fourth-order valence-electron chi connectivity index (χ4n) is 3.89. The van der Waals surface area contributed by atoms with Gasteiger partial charge in [-0.15, -0.1) is 0 Å². The van der Waals surface area contributed by atoms with Crippen LogP contribution in [0.5, 0.6) is 17.2 Å². The molecule has 0 unspecified atom stereocenters. The molecule has 0 amide bonds. The monoisotopic (exact) mass is 356 g/mol. The summed E-state index contributed by atoms with van der Waals surface area (Å²) in [5.41, 5.74) is 1.14. The van der Waals surface area contributed by atoms with E-state index < -0.39 is 6.29 Å². The van der Waals surface area contributed by atoms with Crippen LogP contribution in [0.25, 0.3) is 21.9 Å². The summed E-state index contributed by atoms with van der Waals surface area (Å²) in [6.07, 6.45) is -0.265. The van der Waals surface area contributed by atoms with Crippen molar-refractivity contribution in [1.82, 2.24) is 0 Å². The molecule has 7 heteroatoms. The van der Waals surface area contributed by atoms with Gasteiger partial charge < -0.3 is 28.5 Å². The van der Waals surface area contributed by atoms with Gasteiger partial charge in [0.1, 0.15) is 39.2 Å². The third kappa shape index (κ3) is 1.92. The molecule has 1 fully saturated rings. The number of hydrogen-bond acceptors (Lipinski definition) is 7. The first-order chi connectivity index (χ1) is 12.6. The number of benzene rings is 2. The smallest absolute Gasteiger partial charge is 0.209 e. The van der Waals surface area contributed by atoms with E-state index in [1.807, 2.05) is 0 Å². The van der Waals surface area contributed by atoms with E-state index in [1.54, 1.807) is 25.3 Å². The topological polar surface area (TPSA) is 87.4 Å². The number of methoxy groups -OCH3 is 2. The van der Waals surface area contributed by atoms with Gasteiger partial charge in [0.15, 0.2) is 6.29 Å². The minimum Gasteiger partial charge on any atom is -0.507 e. The number of hydrogen-bond donors (Lipinski definition) is 1. The van der Waals surface area contributed by atoms with Crippen LogP contribution in [0.15, 0.2) is 33.5 Å². The molecule has 3 atom stereocenters. The van der Waals surface area contributed by atoms with Gasteiger partial charge >= 0.3 is 0 Å². The lowest BCUT2D eigenvalue weighted by Gasteiger charge is -2.13.